The van der Waals surface area contributed by atoms with E-state index >= 15 is 0 Å². The summed E-state index contributed by atoms with van der Waals surface area (Å²) in [4.78, 5) is 16.0. The maximum absolute atomic E-state index is 13.8. The zero-order chi connectivity index (χ0) is 20.8. The third kappa shape index (κ3) is 5.40. The summed E-state index contributed by atoms with van der Waals surface area (Å²) in [5.74, 6) is -0.214. The smallest absolute Gasteiger partial charge is 0.220 e. The molecule has 1 aromatic heterocycles. The number of carbonyl (C=O) groups is 1. The zero-order valence-corrected chi connectivity index (χ0v) is 16.3. The van der Waals surface area contributed by atoms with E-state index in [1.807, 2.05) is 32.0 Å². The number of halogens is 2. The molecule has 0 aliphatic rings. The summed E-state index contributed by atoms with van der Waals surface area (Å²) in [5.41, 5.74) is 2.22. The molecule has 0 spiro atoms. The van der Waals surface area contributed by atoms with E-state index in [4.69, 9.17) is 9.15 Å². The lowest BCUT2D eigenvalue weighted by Crippen LogP contribution is -2.28. The summed E-state index contributed by atoms with van der Waals surface area (Å²) >= 11 is 0. The van der Waals surface area contributed by atoms with E-state index in [9.17, 15) is 13.6 Å². The van der Waals surface area contributed by atoms with Crippen molar-refractivity contribution in [2.45, 2.75) is 26.7 Å². The number of rotatable bonds is 8. The highest BCUT2D eigenvalue weighted by Crippen LogP contribution is 2.24. The van der Waals surface area contributed by atoms with Gasteiger partial charge in [-0.1, -0.05) is 18.2 Å². The van der Waals surface area contributed by atoms with E-state index in [1.54, 1.807) is 0 Å². The van der Waals surface area contributed by atoms with Crippen LogP contribution in [0.1, 0.15) is 23.4 Å². The summed E-state index contributed by atoms with van der Waals surface area (Å²) in [6, 6.07) is 9.14. The largest absolute Gasteiger partial charge is 0.491 e. The Balaban J connectivity index is 1.43. The van der Waals surface area contributed by atoms with Crippen molar-refractivity contribution in [1.82, 2.24) is 10.3 Å². The topological polar surface area (TPSA) is 64.4 Å². The number of hydrogen-bond donors (Lipinski definition) is 1. The van der Waals surface area contributed by atoms with Gasteiger partial charge in [-0.3, -0.25) is 4.79 Å². The second-order valence-corrected chi connectivity index (χ2v) is 6.66. The fourth-order valence-corrected chi connectivity index (χ4v) is 2.92. The Morgan fingerprint density at radius 2 is 1.93 bits per heavy atom. The van der Waals surface area contributed by atoms with Crippen LogP contribution in [0.4, 0.5) is 8.78 Å². The number of carbonyl (C=O) groups excluding carboxylic acids is 1. The van der Waals surface area contributed by atoms with Gasteiger partial charge in [0.2, 0.25) is 5.91 Å². The maximum Gasteiger partial charge on any atom is 0.220 e. The Morgan fingerprint density at radius 3 is 2.66 bits per heavy atom. The Kier molecular flexibility index (Phi) is 6.59. The van der Waals surface area contributed by atoms with Gasteiger partial charge in [0, 0.05) is 18.9 Å². The highest BCUT2D eigenvalue weighted by atomic mass is 19.1. The van der Waals surface area contributed by atoms with Crippen molar-refractivity contribution in [3.8, 4) is 17.1 Å². The van der Waals surface area contributed by atoms with Gasteiger partial charge in [-0.15, -0.1) is 0 Å². The van der Waals surface area contributed by atoms with Crippen molar-refractivity contribution in [1.29, 1.82) is 0 Å². The van der Waals surface area contributed by atoms with Crippen LogP contribution in [-0.4, -0.2) is 24.0 Å². The molecular weight excluding hydrogens is 378 g/mol. The predicted octanol–water partition coefficient (Wildman–Crippen LogP) is 4.36. The maximum atomic E-state index is 13.8. The first-order valence-electron chi connectivity index (χ1n) is 9.30. The third-order valence-corrected chi connectivity index (χ3v) is 4.40. The number of aromatic nitrogens is 1. The molecule has 0 unspecified atom stereocenters. The van der Waals surface area contributed by atoms with E-state index in [-0.39, 0.29) is 30.1 Å². The van der Waals surface area contributed by atoms with Crippen LogP contribution in [-0.2, 0) is 11.2 Å². The lowest BCUT2D eigenvalue weighted by molar-refractivity contribution is -0.121. The van der Waals surface area contributed by atoms with Crippen molar-refractivity contribution in [2.24, 2.45) is 0 Å². The molecule has 3 rings (SSSR count). The number of nitrogens with zero attached hydrogens (tertiary/aromatic N) is 1. The third-order valence-electron chi connectivity index (χ3n) is 4.40. The van der Waals surface area contributed by atoms with E-state index in [0.717, 1.165) is 29.0 Å². The summed E-state index contributed by atoms with van der Waals surface area (Å²) in [6.45, 7) is 4.70. The van der Waals surface area contributed by atoms with Gasteiger partial charge >= 0.3 is 0 Å². The van der Waals surface area contributed by atoms with E-state index in [0.29, 0.717) is 19.0 Å². The quantitative estimate of drug-likeness (QED) is 0.571. The second-order valence-electron chi connectivity index (χ2n) is 6.66. The number of para-hydroxylation sites is 1. The fourth-order valence-electron chi connectivity index (χ4n) is 2.92. The lowest BCUT2D eigenvalue weighted by Gasteiger charge is -2.12. The molecule has 0 fully saturated rings. The molecule has 0 saturated carbocycles. The minimum Gasteiger partial charge on any atom is -0.491 e. The molecule has 0 bridgehead atoms. The average Bonchev–Trinajstić information content (AvgIpc) is 3.14. The van der Waals surface area contributed by atoms with E-state index in [1.165, 1.54) is 12.3 Å². The van der Waals surface area contributed by atoms with Gasteiger partial charge in [0.1, 0.15) is 24.0 Å². The van der Waals surface area contributed by atoms with Gasteiger partial charge in [0.05, 0.1) is 18.3 Å². The predicted molar refractivity (Wildman–Crippen MR) is 105 cm³/mol. The molecular formula is C22H22F2N2O3. The van der Waals surface area contributed by atoms with Gasteiger partial charge in [0.15, 0.2) is 11.7 Å². The van der Waals surface area contributed by atoms with Crippen molar-refractivity contribution in [2.75, 3.05) is 13.2 Å². The lowest BCUT2D eigenvalue weighted by atomic mass is 10.1. The number of aryl methyl sites for hydroxylation is 3. The summed E-state index contributed by atoms with van der Waals surface area (Å²) in [7, 11) is 0. The van der Waals surface area contributed by atoms with E-state index in [2.05, 4.69) is 10.3 Å². The molecule has 0 aliphatic heterocycles. The van der Waals surface area contributed by atoms with Crippen molar-refractivity contribution < 1.29 is 22.7 Å². The Hall–Kier alpha value is -3.22. The van der Waals surface area contributed by atoms with Crippen LogP contribution in [0.25, 0.3) is 11.3 Å². The Bertz CT molecular complexity index is 981. The molecule has 0 aliphatic carbocycles. The van der Waals surface area contributed by atoms with Crippen LogP contribution in [0.2, 0.25) is 0 Å². The first-order valence-corrected chi connectivity index (χ1v) is 9.30. The van der Waals surface area contributed by atoms with Crippen LogP contribution >= 0.6 is 0 Å². The minimum atomic E-state index is -0.727. The minimum absolute atomic E-state index is 0.123. The van der Waals surface area contributed by atoms with Gasteiger partial charge in [-0.05, 0) is 37.1 Å². The van der Waals surface area contributed by atoms with Crippen LogP contribution in [0.5, 0.6) is 5.75 Å². The molecule has 29 heavy (non-hydrogen) atoms. The summed E-state index contributed by atoms with van der Waals surface area (Å²) < 4.78 is 38.0. The normalized spacial score (nSPS) is 10.8. The molecule has 1 heterocycles. The Morgan fingerprint density at radius 1 is 1.17 bits per heavy atom. The molecule has 2 aromatic carbocycles. The molecule has 3 aromatic rings. The van der Waals surface area contributed by atoms with Gasteiger partial charge < -0.3 is 14.5 Å². The number of ether oxygens (including phenoxy) is 1. The molecule has 152 valence electrons. The van der Waals surface area contributed by atoms with Gasteiger partial charge in [-0.25, -0.2) is 13.8 Å². The number of benzene rings is 2. The van der Waals surface area contributed by atoms with Crippen LogP contribution in [0, 0.1) is 25.5 Å². The number of amides is 1. The summed E-state index contributed by atoms with van der Waals surface area (Å²) in [6.07, 6.45) is 1.81. The number of hydrogen-bond acceptors (Lipinski definition) is 4. The van der Waals surface area contributed by atoms with E-state index < -0.39 is 11.6 Å². The molecule has 1 amide bonds. The van der Waals surface area contributed by atoms with Gasteiger partial charge in [0.25, 0.3) is 0 Å². The van der Waals surface area contributed by atoms with Crippen LogP contribution < -0.4 is 10.1 Å². The van der Waals surface area contributed by atoms with Crippen molar-refractivity contribution in [3.05, 3.63) is 71.2 Å². The average molecular weight is 400 g/mol. The highest BCUT2D eigenvalue weighted by Gasteiger charge is 2.13. The zero-order valence-electron chi connectivity index (χ0n) is 16.3. The first kappa shape index (κ1) is 20.5. The molecule has 0 saturated heterocycles. The molecule has 7 heteroatoms. The molecule has 1 N–H and O–H groups in total. The number of oxazole rings is 1. The van der Waals surface area contributed by atoms with Gasteiger partial charge in [-0.2, -0.15) is 0 Å². The van der Waals surface area contributed by atoms with Crippen LogP contribution in [0.15, 0.2) is 47.0 Å². The van der Waals surface area contributed by atoms with Crippen molar-refractivity contribution in [3.63, 3.8) is 0 Å². The monoisotopic (exact) mass is 400 g/mol. The molecule has 0 atom stereocenters. The standard InChI is InChI=1S/C22H22F2N2O3/c1-14-4-3-5-15(2)22(14)28-11-10-25-20(27)8-9-21-26-13-19(29-21)17-7-6-16(23)12-18(17)24/h3-7,12-13H,8-11H2,1-2H3,(H,25,27). The highest BCUT2D eigenvalue weighted by molar-refractivity contribution is 5.76. The fraction of sp³-hybridized carbons (Fsp3) is 0.273. The number of nitrogens with one attached hydrogen (secondary N) is 1. The Labute approximate surface area is 167 Å². The van der Waals surface area contributed by atoms with Crippen molar-refractivity contribution >= 4 is 5.91 Å². The SMILES string of the molecule is Cc1cccc(C)c1OCCNC(=O)CCc1ncc(-c2ccc(F)cc2F)o1. The molecule has 0 radical (unpaired) electrons. The first-order chi connectivity index (χ1) is 13.9. The summed E-state index contributed by atoms with van der Waals surface area (Å²) in [5, 5.41) is 2.78. The molecule has 5 nitrogen and oxygen atoms in total. The second kappa shape index (κ2) is 9.32. The van der Waals surface area contributed by atoms with Crippen LogP contribution in [0.3, 0.4) is 0 Å².